The molecule has 18 heavy (non-hydrogen) atoms. The maximum atomic E-state index is 12.0. The van der Waals surface area contributed by atoms with Gasteiger partial charge in [0.15, 0.2) is 0 Å². The zero-order valence-corrected chi connectivity index (χ0v) is 11.9. The normalized spacial score (nSPS) is 10.4. The predicted molar refractivity (Wildman–Crippen MR) is 73.3 cm³/mol. The number of nitrogens with zero attached hydrogens (tertiary/aromatic N) is 2. The van der Waals surface area contributed by atoms with Crippen molar-refractivity contribution in [1.82, 2.24) is 15.1 Å². The molecule has 0 fully saturated rings. The second-order valence-electron chi connectivity index (χ2n) is 4.04. The summed E-state index contributed by atoms with van der Waals surface area (Å²) in [5, 5.41) is 7.03. The van der Waals surface area contributed by atoms with Crippen LogP contribution in [-0.4, -0.2) is 15.7 Å². The van der Waals surface area contributed by atoms with Crippen molar-refractivity contribution in [2.45, 2.75) is 13.5 Å². The molecule has 0 aliphatic heterocycles. The van der Waals surface area contributed by atoms with Crippen LogP contribution in [0.3, 0.4) is 0 Å². The van der Waals surface area contributed by atoms with Crippen molar-refractivity contribution in [3.8, 4) is 0 Å². The van der Waals surface area contributed by atoms with Crippen molar-refractivity contribution in [1.29, 1.82) is 0 Å². The fraction of sp³-hybridized carbons (Fsp3) is 0.231. The van der Waals surface area contributed by atoms with E-state index in [2.05, 4.69) is 26.3 Å². The summed E-state index contributed by atoms with van der Waals surface area (Å²) >= 11 is 3.36. The first-order valence-corrected chi connectivity index (χ1v) is 6.39. The molecule has 0 spiro atoms. The monoisotopic (exact) mass is 307 g/mol. The number of rotatable bonds is 3. The van der Waals surface area contributed by atoms with Gasteiger partial charge in [0.1, 0.15) is 0 Å². The average molecular weight is 308 g/mol. The number of aromatic nitrogens is 2. The summed E-state index contributed by atoms with van der Waals surface area (Å²) < 4.78 is 2.59. The number of hydrogen-bond donors (Lipinski definition) is 1. The van der Waals surface area contributed by atoms with Crippen LogP contribution in [-0.2, 0) is 13.6 Å². The van der Waals surface area contributed by atoms with Crippen LogP contribution in [0.1, 0.15) is 21.6 Å². The summed E-state index contributed by atoms with van der Waals surface area (Å²) in [5.74, 6) is -0.0919. The number of benzene rings is 1. The summed E-state index contributed by atoms with van der Waals surface area (Å²) in [6.07, 6.45) is 1.77. The van der Waals surface area contributed by atoms with E-state index in [0.29, 0.717) is 12.1 Å². The first-order valence-electron chi connectivity index (χ1n) is 5.60. The highest BCUT2D eigenvalue weighted by molar-refractivity contribution is 9.10. The Morgan fingerprint density at radius 3 is 2.78 bits per heavy atom. The highest BCUT2D eigenvalue weighted by Crippen LogP contribution is 2.15. The predicted octanol–water partition coefficient (Wildman–Crippen LogP) is 2.42. The van der Waals surface area contributed by atoms with E-state index in [-0.39, 0.29) is 5.91 Å². The zero-order chi connectivity index (χ0) is 13.1. The molecule has 5 heteroatoms. The number of carbonyl (C=O) groups is 1. The Kier molecular flexibility index (Phi) is 3.81. The number of carbonyl (C=O) groups excluding carboxylic acids is 1. The van der Waals surface area contributed by atoms with Crippen LogP contribution in [0, 0.1) is 6.92 Å². The quantitative estimate of drug-likeness (QED) is 0.946. The second-order valence-corrected chi connectivity index (χ2v) is 4.90. The van der Waals surface area contributed by atoms with Gasteiger partial charge in [0.05, 0.1) is 11.8 Å². The molecule has 2 aromatic rings. The summed E-state index contributed by atoms with van der Waals surface area (Å²) in [5.41, 5.74) is 2.72. The van der Waals surface area contributed by atoms with Gasteiger partial charge in [0.2, 0.25) is 0 Å². The zero-order valence-electron chi connectivity index (χ0n) is 10.3. The number of halogens is 1. The minimum absolute atomic E-state index is 0.0919. The molecule has 1 aromatic heterocycles. The van der Waals surface area contributed by atoms with Gasteiger partial charge in [-0.1, -0.05) is 12.1 Å². The van der Waals surface area contributed by atoms with Crippen LogP contribution < -0.4 is 5.32 Å². The van der Waals surface area contributed by atoms with E-state index >= 15 is 0 Å². The van der Waals surface area contributed by atoms with Crippen molar-refractivity contribution in [3.05, 3.63) is 51.8 Å². The molecule has 1 aromatic carbocycles. The van der Waals surface area contributed by atoms with Crippen LogP contribution in [0.25, 0.3) is 0 Å². The molecule has 94 valence electrons. The molecule has 0 aliphatic rings. The van der Waals surface area contributed by atoms with Gasteiger partial charge in [-0.05, 0) is 35.0 Å². The van der Waals surface area contributed by atoms with E-state index in [4.69, 9.17) is 0 Å². The Hall–Kier alpha value is -1.62. The van der Waals surface area contributed by atoms with Crippen LogP contribution >= 0.6 is 15.9 Å². The van der Waals surface area contributed by atoms with E-state index in [1.165, 1.54) is 0 Å². The van der Waals surface area contributed by atoms with Gasteiger partial charge < -0.3 is 5.32 Å². The molecule has 0 radical (unpaired) electrons. The van der Waals surface area contributed by atoms with Gasteiger partial charge in [-0.2, -0.15) is 5.10 Å². The van der Waals surface area contributed by atoms with E-state index < -0.39 is 0 Å². The topological polar surface area (TPSA) is 46.9 Å². The number of hydrogen-bond acceptors (Lipinski definition) is 2. The fourth-order valence-electron chi connectivity index (χ4n) is 1.63. The molecular weight excluding hydrogens is 294 g/mol. The first-order chi connectivity index (χ1) is 8.59. The van der Waals surface area contributed by atoms with Gasteiger partial charge >= 0.3 is 0 Å². The fourth-order valence-corrected chi connectivity index (χ4v) is 2.10. The molecule has 1 amide bonds. The summed E-state index contributed by atoms with van der Waals surface area (Å²) in [4.78, 5) is 12.0. The highest BCUT2D eigenvalue weighted by Gasteiger charge is 2.10. The van der Waals surface area contributed by atoms with Crippen LogP contribution in [0.2, 0.25) is 0 Å². The average Bonchev–Trinajstić information content (AvgIpc) is 2.68. The Balaban J connectivity index is 2.05. The minimum atomic E-state index is -0.0919. The first kappa shape index (κ1) is 12.8. The molecule has 1 N–H and O–H groups in total. The van der Waals surface area contributed by atoms with E-state index in [0.717, 1.165) is 15.7 Å². The Morgan fingerprint density at radius 2 is 2.17 bits per heavy atom. The molecule has 0 saturated carbocycles. The van der Waals surface area contributed by atoms with Crippen molar-refractivity contribution < 1.29 is 4.79 Å². The van der Waals surface area contributed by atoms with Gasteiger partial charge in [0, 0.05) is 29.3 Å². The third-order valence-corrected chi connectivity index (χ3v) is 3.59. The standard InChI is InChI=1S/C13H14BrN3O/c1-9-10(8-16-17(9)2)7-15-13(18)11-5-3-4-6-12(11)14/h3-6,8H,7H2,1-2H3,(H,15,18). The molecule has 1 heterocycles. The lowest BCUT2D eigenvalue weighted by Crippen LogP contribution is -2.23. The number of amides is 1. The molecule has 0 bridgehead atoms. The Morgan fingerprint density at radius 1 is 1.44 bits per heavy atom. The number of nitrogens with one attached hydrogen (secondary N) is 1. The Labute approximate surface area is 114 Å². The molecule has 0 unspecified atom stereocenters. The van der Waals surface area contributed by atoms with Crippen LogP contribution in [0.5, 0.6) is 0 Å². The lowest BCUT2D eigenvalue weighted by atomic mass is 10.2. The smallest absolute Gasteiger partial charge is 0.252 e. The summed E-state index contributed by atoms with van der Waals surface area (Å²) in [6.45, 7) is 2.47. The minimum Gasteiger partial charge on any atom is -0.348 e. The van der Waals surface area contributed by atoms with E-state index in [1.807, 2.05) is 32.2 Å². The van der Waals surface area contributed by atoms with Gasteiger partial charge in [0.25, 0.3) is 5.91 Å². The lowest BCUT2D eigenvalue weighted by Gasteiger charge is -2.06. The molecule has 2 rings (SSSR count). The van der Waals surface area contributed by atoms with E-state index in [1.54, 1.807) is 16.9 Å². The van der Waals surface area contributed by atoms with Crippen molar-refractivity contribution in [3.63, 3.8) is 0 Å². The molecule has 0 aliphatic carbocycles. The molecule has 0 saturated heterocycles. The Bertz CT molecular complexity index is 577. The largest absolute Gasteiger partial charge is 0.348 e. The maximum Gasteiger partial charge on any atom is 0.252 e. The second kappa shape index (κ2) is 5.35. The van der Waals surface area contributed by atoms with Gasteiger partial charge in [-0.3, -0.25) is 9.48 Å². The molecule has 4 nitrogen and oxygen atoms in total. The van der Waals surface area contributed by atoms with Gasteiger partial charge in [-0.25, -0.2) is 0 Å². The third-order valence-electron chi connectivity index (χ3n) is 2.89. The third kappa shape index (κ3) is 2.61. The van der Waals surface area contributed by atoms with Crippen LogP contribution in [0.15, 0.2) is 34.9 Å². The summed E-state index contributed by atoms with van der Waals surface area (Å²) in [7, 11) is 1.88. The molecular formula is C13H14BrN3O. The number of aryl methyl sites for hydroxylation is 1. The lowest BCUT2D eigenvalue weighted by molar-refractivity contribution is 0.0950. The van der Waals surface area contributed by atoms with Crippen molar-refractivity contribution >= 4 is 21.8 Å². The van der Waals surface area contributed by atoms with Crippen molar-refractivity contribution in [2.24, 2.45) is 7.05 Å². The van der Waals surface area contributed by atoms with E-state index in [9.17, 15) is 4.79 Å². The maximum absolute atomic E-state index is 12.0. The van der Waals surface area contributed by atoms with Crippen molar-refractivity contribution in [2.75, 3.05) is 0 Å². The van der Waals surface area contributed by atoms with Crippen LogP contribution in [0.4, 0.5) is 0 Å². The highest BCUT2D eigenvalue weighted by atomic mass is 79.9. The van der Waals surface area contributed by atoms with Gasteiger partial charge in [-0.15, -0.1) is 0 Å². The summed E-state index contributed by atoms with van der Waals surface area (Å²) in [6, 6.07) is 7.36. The SMILES string of the molecule is Cc1c(CNC(=O)c2ccccc2Br)cnn1C. The molecule has 0 atom stereocenters.